The molecular weight excluding hydrogens is 268 g/mol. The highest BCUT2D eigenvalue weighted by molar-refractivity contribution is 5.95. The van der Waals surface area contributed by atoms with E-state index in [0.717, 1.165) is 17.8 Å². The van der Waals surface area contributed by atoms with Gasteiger partial charge in [-0.3, -0.25) is 4.79 Å². The molecule has 122 valence electrons. The van der Waals surface area contributed by atoms with Crippen LogP contribution in [0.5, 0.6) is 0 Å². The third-order valence-corrected chi connectivity index (χ3v) is 8.66. The van der Waals surface area contributed by atoms with E-state index >= 15 is 0 Å². The van der Waals surface area contributed by atoms with Gasteiger partial charge in [-0.2, -0.15) is 0 Å². The van der Waals surface area contributed by atoms with Gasteiger partial charge in [-0.1, -0.05) is 40.2 Å². The molecule has 3 saturated carbocycles. The number of fused-ring (bicyclic) bond motifs is 5. The Morgan fingerprint density at radius 2 is 1.73 bits per heavy atom. The van der Waals surface area contributed by atoms with Crippen molar-refractivity contribution in [3.05, 3.63) is 12.2 Å². The molecule has 0 amide bonds. The van der Waals surface area contributed by atoms with E-state index in [4.69, 9.17) is 0 Å². The Morgan fingerprint density at radius 3 is 2.50 bits per heavy atom. The number of rotatable bonds is 0. The van der Waals surface area contributed by atoms with Crippen LogP contribution in [0, 0.1) is 39.9 Å². The fourth-order valence-corrected chi connectivity index (χ4v) is 7.40. The van der Waals surface area contributed by atoms with Crippen molar-refractivity contribution in [2.24, 2.45) is 39.9 Å². The lowest BCUT2D eigenvalue weighted by Gasteiger charge is -2.61. The Labute approximate surface area is 135 Å². The second-order valence-corrected chi connectivity index (χ2v) is 9.88. The lowest BCUT2D eigenvalue weighted by atomic mass is 9.43. The van der Waals surface area contributed by atoms with E-state index in [1.807, 2.05) is 6.08 Å². The van der Waals surface area contributed by atoms with Gasteiger partial charge in [0.05, 0.1) is 0 Å². The first-order chi connectivity index (χ1) is 10.3. The lowest BCUT2D eigenvalue weighted by molar-refractivity contribution is -0.140. The van der Waals surface area contributed by atoms with E-state index < -0.39 is 0 Å². The van der Waals surface area contributed by atoms with Crippen molar-refractivity contribution in [2.45, 2.75) is 72.6 Å². The van der Waals surface area contributed by atoms with Gasteiger partial charge in [0.15, 0.2) is 5.78 Å². The lowest BCUT2D eigenvalue weighted by Crippen LogP contribution is -2.56. The first-order valence-electron chi connectivity index (χ1n) is 9.53. The van der Waals surface area contributed by atoms with Gasteiger partial charge >= 0.3 is 0 Å². The zero-order chi connectivity index (χ0) is 15.8. The molecule has 4 aliphatic rings. The smallest absolute Gasteiger partial charge is 0.161 e. The number of carbonyl (C=O) groups excluding carboxylic acids is 1. The summed E-state index contributed by atoms with van der Waals surface area (Å²) in [7, 11) is 0. The Bertz CT molecular complexity index is 530. The molecule has 3 fully saturated rings. The molecule has 0 aromatic carbocycles. The minimum absolute atomic E-state index is 0.162. The summed E-state index contributed by atoms with van der Waals surface area (Å²) in [5, 5.41) is 0. The molecule has 6 unspecified atom stereocenters. The van der Waals surface area contributed by atoms with Crippen LogP contribution in [0.15, 0.2) is 12.2 Å². The molecular formula is C21H32O. The largest absolute Gasteiger partial charge is 0.294 e. The van der Waals surface area contributed by atoms with Crippen LogP contribution in [0.4, 0.5) is 0 Å². The topological polar surface area (TPSA) is 17.1 Å². The van der Waals surface area contributed by atoms with Crippen LogP contribution in [0.25, 0.3) is 0 Å². The highest BCUT2D eigenvalue weighted by Gasteiger charge is 2.60. The number of hydrogen-bond acceptors (Lipinski definition) is 1. The number of allylic oxidation sites excluding steroid dienone is 2. The quantitative estimate of drug-likeness (QED) is 0.585. The molecule has 0 saturated heterocycles. The van der Waals surface area contributed by atoms with Crippen LogP contribution in [-0.2, 0) is 4.79 Å². The molecule has 22 heavy (non-hydrogen) atoms. The molecule has 0 aromatic rings. The third kappa shape index (κ3) is 1.74. The summed E-state index contributed by atoms with van der Waals surface area (Å²) < 4.78 is 0. The zero-order valence-electron chi connectivity index (χ0n) is 14.8. The van der Waals surface area contributed by atoms with Gasteiger partial charge in [0.25, 0.3) is 0 Å². The fraction of sp³-hybridized carbons (Fsp3) is 0.857. The summed E-state index contributed by atoms with van der Waals surface area (Å²) in [5.74, 6) is 3.58. The number of ketones is 1. The summed E-state index contributed by atoms with van der Waals surface area (Å²) in [6.45, 7) is 9.45. The molecule has 4 rings (SSSR count). The normalized spacial score (nSPS) is 52.8. The van der Waals surface area contributed by atoms with Crippen LogP contribution in [0.1, 0.15) is 72.6 Å². The Hall–Kier alpha value is -0.590. The molecule has 1 nitrogen and oxygen atoms in total. The SMILES string of the molecule is CC12CCCC1C1CCC3C(C)(C)C(=O)C=CC3(C)C1CC2. The summed E-state index contributed by atoms with van der Waals surface area (Å²) in [6, 6.07) is 0. The minimum atomic E-state index is -0.162. The number of carbonyl (C=O) groups is 1. The van der Waals surface area contributed by atoms with Crippen molar-refractivity contribution < 1.29 is 4.79 Å². The first-order valence-corrected chi connectivity index (χ1v) is 9.53. The Kier molecular flexibility index (Phi) is 3.05. The molecule has 4 aliphatic carbocycles. The predicted molar refractivity (Wildman–Crippen MR) is 90.4 cm³/mol. The second kappa shape index (κ2) is 4.48. The maximum atomic E-state index is 12.4. The van der Waals surface area contributed by atoms with Crippen molar-refractivity contribution in [1.29, 1.82) is 0 Å². The van der Waals surface area contributed by atoms with Crippen molar-refractivity contribution in [3.8, 4) is 0 Å². The molecule has 0 radical (unpaired) electrons. The van der Waals surface area contributed by atoms with E-state index in [2.05, 4.69) is 33.8 Å². The average molecular weight is 300 g/mol. The van der Waals surface area contributed by atoms with Crippen molar-refractivity contribution in [1.82, 2.24) is 0 Å². The van der Waals surface area contributed by atoms with Gasteiger partial charge in [0.2, 0.25) is 0 Å². The average Bonchev–Trinajstić information content (AvgIpc) is 2.85. The van der Waals surface area contributed by atoms with Gasteiger partial charge in [-0.05, 0) is 79.1 Å². The molecule has 0 bridgehead atoms. The van der Waals surface area contributed by atoms with Crippen LogP contribution in [0.2, 0.25) is 0 Å². The Balaban J connectivity index is 1.73. The highest BCUT2D eigenvalue weighted by atomic mass is 16.1. The predicted octanol–water partition coefficient (Wildman–Crippen LogP) is 5.40. The minimum Gasteiger partial charge on any atom is -0.294 e. The van der Waals surface area contributed by atoms with Crippen LogP contribution in [0.3, 0.4) is 0 Å². The van der Waals surface area contributed by atoms with Gasteiger partial charge in [-0.25, -0.2) is 0 Å². The molecule has 0 aliphatic heterocycles. The van der Waals surface area contributed by atoms with E-state index in [1.165, 1.54) is 44.9 Å². The summed E-state index contributed by atoms with van der Waals surface area (Å²) in [4.78, 5) is 12.4. The summed E-state index contributed by atoms with van der Waals surface area (Å²) >= 11 is 0. The monoisotopic (exact) mass is 300 g/mol. The van der Waals surface area contributed by atoms with Crippen molar-refractivity contribution >= 4 is 5.78 Å². The van der Waals surface area contributed by atoms with E-state index in [-0.39, 0.29) is 10.8 Å². The molecule has 0 aromatic heterocycles. The van der Waals surface area contributed by atoms with E-state index in [0.29, 0.717) is 17.1 Å². The van der Waals surface area contributed by atoms with Gasteiger partial charge < -0.3 is 0 Å². The van der Waals surface area contributed by atoms with E-state index in [1.54, 1.807) is 0 Å². The van der Waals surface area contributed by atoms with Crippen LogP contribution in [-0.4, -0.2) is 5.78 Å². The van der Waals surface area contributed by atoms with Gasteiger partial charge in [0, 0.05) is 5.41 Å². The molecule has 1 heteroatoms. The summed E-state index contributed by atoms with van der Waals surface area (Å²) in [6.07, 6.45) is 14.1. The maximum absolute atomic E-state index is 12.4. The maximum Gasteiger partial charge on any atom is 0.161 e. The fourth-order valence-electron chi connectivity index (χ4n) is 7.40. The number of hydrogen-bond donors (Lipinski definition) is 0. The molecule has 0 heterocycles. The summed E-state index contributed by atoms with van der Waals surface area (Å²) in [5.41, 5.74) is 0.725. The highest BCUT2D eigenvalue weighted by Crippen LogP contribution is 2.66. The standard InChI is InChI=1S/C21H32O/c1-19(2)17-8-7-14-15-6-5-11-20(15,3)12-9-16(14)21(17,4)13-10-18(19)22/h10,13-17H,5-9,11-12H2,1-4H3. The van der Waals surface area contributed by atoms with Crippen molar-refractivity contribution in [2.75, 3.05) is 0 Å². The van der Waals surface area contributed by atoms with Crippen molar-refractivity contribution in [3.63, 3.8) is 0 Å². The van der Waals surface area contributed by atoms with Gasteiger partial charge in [-0.15, -0.1) is 0 Å². The Morgan fingerprint density at radius 1 is 0.955 bits per heavy atom. The van der Waals surface area contributed by atoms with Crippen LogP contribution < -0.4 is 0 Å². The first kappa shape index (κ1) is 15.0. The molecule has 0 N–H and O–H groups in total. The van der Waals surface area contributed by atoms with Crippen LogP contribution >= 0.6 is 0 Å². The zero-order valence-corrected chi connectivity index (χ0v) is 14.8. The van der Waals surface area contributed by atoms with E-state index in [9.17, 15) is 4.79 Å². The molecule has 0 spiro atoms. The van der Waals surface area contributed by atoms with Gasteiger partial charge in [0.1, 0.15) is 0 Å². The molecule has 6 atom stereocenters. The second-order valence-electron chi connectivity index (χ2n) is 9.88. The third-order valence-electron chi connectivity index (χ3n) is 8.66.